The molecule has 4 rings (SSSR count). The van der Waals surface area contributed by atoms with Gasteiger partial charge in [-0.15, -0.1) is 0 Å². The van der Waals surface area contributed by atoms with Gasteiger partial charge in [-0.05, 0) is 48.1 Å². The first-order valence-corrected chi connectivity index (χ1v) is 8.80. The average molecular weight is 352 g/mol. The van der Waals surface area contributed by atoms with E-state index in [9.17, 15) is 9.59 Å². The van der Waals surface area contributed by atoms with E-state index in [1.807, 2.05) is 12.1 Å². The molecule has 0 unspecified atom stereocenters. The summed E-state index contributed by atoms with van der Waals surface area (Å²) in [5.41, 5.74) is 9.47. The lowest BCUT2D eigenvalue weighted by molar-refractivity contribution is -0.122. The van der Waals surface area contributed by atoms with Crippen LogP contribution in [-0.2, 0) is 17.6 Å². The maximum atomic E-state index is 12.2. The number of carbonyl (C=O) groups excluding carboxylic acids is 2. The fourth-order valence-electron chi connectivity index (χ4n) is 3.23. The highest BCUT2D eigenvalue weighted by molar-refractivity contribution is 7.00. The van der Waals surface area contributed by atoms with E-state index in [0.29, 0.717) is 17.5 Å². The van der Waals surface area contributed by atoms with Gasteiger partial charge in [0.2, 0.25) is 5.91 Å². The molecule has 0 bridgehead atoms. The van der Waals surface area contributed by atoms with Crippen LogP contribution in [0.15, 0.2) is 42.5 Å². The van der Waals surface area contributed by atoms with E-state index in [-0.39, 0.29) is 17.7 Å². The predicted octanol–water partition coefficient (Wildman–Crippen LogP) is 2.26. The second-order valence-corrected chi connectivity index (χ2v) is 6.75. The van der Waals surface area contributed by atoms with Crippen molar-refractivity contribution in [2.24, 2.45) is 5.92 Å². The molecule has 0 spiro atoms. The number of carbonyl (C=O) groups is 2. The number of nitrogens with one attached hydrogen (secondary N) is 2. The Morgan fingerprint density at radius 1 is 1.00 bits per heavy atom. The maximum absolute atomic E-state index is 12.2. The van der Waals surface area contributed by atoms with Gasteiger partial charge in [-0.2, -0.15) is 8.75 Å². The van der Waals surface area contributed by atoms with Crippen molar-refractivity contribution in [1.82, 2.24) is 19.6 Å². The van der Waals surface area contributed by atoms with Gasteiger partial charge in [-0.25, -0.2) is 0 Å². The van der Waals surface area contributed by atoms with Crippen molar-refractivity contribution in [1.29, 1.82) is 0 Å². The lowest BCUT2D eigenvalue weighted by Gasteiger charge is -2.10. The molecule has 2 N–H and O–H groups in total. The summed E-state index contributed by atoms with van der Waals surface area (Å²) in [5.74, 6) is -0.257. The summed E-state index contributed by atoms with van der Waals surface area (Å²) in [6, 6.07) is 13.3. The minimum atomic E-state index is -0.363. The summed E-state index contributed by atoms with van der Waals surface area (Å²) in [6.45, 7) is 0. The first-order valence-electron chi connectivity index (χ1n) is 8.07. The Kier molecular flexibility index (Phi) is 4.15. The summed E-state index contributed by atoms with van der Waals surface area (Å²) < 4.78 is 8.21. The van der Waals surface area contributed by atoms with Crippen molar-refractivity contribution in [2.75, 3.05) is 0 Å². The van der Waals surface area contributed by atoms with Crippen LogP contribution in [0.2, 0.25) is 0 Å². The summed E-state index contributed by atoms with van der Waals surface area (Å²) in [6.07, 6.45) is 2.21. The molecule has 1 aliphatic carbocycles. The van der Waals surface area contributed by atoms with Crippen LogP contribution >= 0.6 is 11.7 Å². The summed E-state index contributed by atoms with van der Waals surface area (Å²) in [5, 5.41) is 0. The molecule has 2 aromatic carbocycles. The SMILES string of the molecule is O=C(CC1Cc2ccccc2C1)NNC(=O)c1ccc2nsnc2c1. The second kappa shape index (κ2) is 6.60. The van der Waals surface area contributed by atoms with Crippen LogP contribution in [0.1, 0.15) is 27.9 Å². The van der Waals surface area contributed by atoms with E-state index in [1.165, 1.54) is 11.1 Å². The zero-order chi connectivity index (χ0) is 17.2. The monoisotopic (exact) mass is 352 g/mol. The van der Waals surface area contributed by atoms with Gasteiger partial charge in [0.05, 0.1) is 11.7 Å². The number of hydrogen-bond acceptors (Lipinski definition) is 5. The van der Waals surface area contributed by atoms with E-state index in [0.717, 1.165) is 30.1 Å². The molecular formula is C18H16N4O2S. The Labute approximate surface area is 148 Å². The highest BCUT2D eigenvalue weighted by Crippen LogP contribution is 2.28. The smallest absolute Gasteiger partial charge is 0.269 e. The van der Waals surface area contributed by atoms with Crippen molar-refractivity contribution in [3.63, 3.8) is 0 Å². The van der Waals surface area contributed by atoms with Crippen LogP contribution in [0.4, 0.5) is 0 Å². The number of nitrogens with zero attached hydrogens (tertiary/aromatic N) is 2. The highest BCUT2D eigenvalue weighted by Gasteiger charge is 2.23. The lowest BCUT2D eigenvalue weighted by atomic mass is 10.0. The number of fused-ring (bicyclic) bond motifs is 2. The van der Waals surface area contributed by atoms with E-state index in [2.05, 4.69) is 31.7 Å². The van der Waals surface area contributed by atoms with Gasteiger partial charge >= 0.3 is 0 Å². The van der Waals surface area contributed by atoms with Gasteiger partial charge in [-0.3, -0.25) is 20.4 Å². The minimum Gasteiger partial charge on any atom is -0.273 e. The van der Waals surface area contributed by atoms with Crippen molar-refractivity contribution in [3.8, 4) is 0 Å². The van der Waals surface area contributed by atoms with E-state index >= 15 is 0 Å². The van der Waals surface area contributed by atoms with Crippen molar-refractivity contribution < 1.29 is 9.59 Å². The molecule has 0 fully saturated rings. The van der Waals surface area contributed by atoms with Gasteiger partial charge in [0, 0.05) is 12.0 Å². The largest absolute Gasteiger partial charge is 0.273 e. The molecule has 0 atom stereocenters. The van der Waals surface area contributed by atoms with E-state index in [4.69, 9.17) is 0 Å². The molecule has 25 heavy (non-hydrogen) atoms. The van der Waals surface area contributed by atoms with Crippen LogP contribution in [0.25, 0.3) is 11.0 Å². The van der Waals surface area contributed by atoms with Gasteiger partial charge in [0.1, 0.15) is 11.0 Å². The number of benzene rings is 2. The molecule has 126 valence electrons. The summed E-state index contributed by atoms with van der Waals surface area (Å²) >= 11 is 1.10. The number of hydrogen-bond donors (Lipinski definition) is 2. The molecule has 3 aromatic rings. The number of rotatable bonds is 3. The maximum Gasteiger partial charge on any atom is 0.269 e. The predicted molar refractivity (Wildman–Crippen MR) is 95.0 cm³/mol. The topological polar surface area (TPSA) is 84.0 Å². The van der Waals surface area contributed by atoms with Gasteiger partial charge in [0.15, 0.2) is 0 Å². The highest BCUT2D eigenvalue weighted by atomic mass is 32.1. The number of hydrazine groups is 1. The Morgan fingerprint density at radius 2 is 1.72 bits per heavy atom. The molecule has 0 radical (unpaired) electrons. The quantitative estimate of drug-likeness (QED) is 0.708. The molecule has 7 heteroatoms. The van der Waals surface area contributed by atoms with Crippen molar-refractivity contribution in [3.05, 3.63) is 59.2 Å². The molecule has 1 aliphatic rings. The second-order valence-electron chi connectivity index (χ2n) is 6.22. The average Bonchev–Trinajstić information content (AvgIpc) is 3.24. The summed E-state index contributed by atoms with van der Waals surface area (Å²) in [7, 11) is 0. The molecule has 1 aromatic heterocycles. The van der Waals surface area contributed by atoms with Gasteiger partial charge in [-0.1, -0.05) is 24.3 Å². The van der Waals surface area contributed by atoms with E-state index < -0.39 is 0 Å². The molecule has 0 saturated carbocycles. The Bertz CT molecular complexity index is 928. The first kappa shape index (κ1) is 15.7. The first-order chi connectivity index (χ1) is 12.2. The minimum absolute atomic E-state index is 0.178. The molecule has 0 aliphatic heterocycles. The standard InChI is InChI=1S/C18H16N4O2S/c23-17(9-11-7-12-3-1-2-4-13(12)8-11)19-20-18(24)14-5-6-15-16(10-14)22-25-21-15/h1-6,10-11H,7-9H2,(H,19,23)(H,20,24). The number of aromatic nitrogens is 2. The third kappa shape index (κ3) is 3.36. The van der Waals surface area contributed by atoms with Gasteiger partial charge in [0.25, 0.3) is 5.91 Å². The normalized spacial score (nSPS) is 13.6. The Hall–Kier alpha value is -2.80. The third-order valence-electron chi connectivity index (χ3n) is 4.44. The number of amides is 2. The van der Waals surface area contributed by atoms with E-state index in [1.54, 1.807) is 18.2 Å². The zero-order valence-electron chi connectivity index (χ0n) is 13.4. The van der Waals surface area contributed by atoms with Crippen LogP contribution in [0, 0.1) is 5.92 Å². The molecule has 0 saturated heterocycles. The third-order valence-corrected chi connectivity index (χ3v) is 5.00. The van der Waals surface area contributed by atoms with Crippen LogP contribution < -0.4 is 10.9 Å². The Morgan fingerprint density at radius 3 is 2.48 bits per heavy atom. The van der Waals surface area contributed by atoms with Crippen LogP contribution in [0.3, 0.4) is 0 Å². The molecule has 2 amide bonds. The molecule has 6 nitrogen and oxygen atoms in total. The fraction of sp³-hybridized carbons (Fsp3) is 0.222. The molecule has 1 heterocycles. The molecular weight excluding hydrogens is 336 g/mol. The fourth-order valence-corrected chi connectivity index (χ4v) is 3.75. The Balaban J connectivity index is 1.30. The van der Waals surface area contributed by atoms with Crippen LogP contribution in [-0.4, -0.2) is 20.6 Å². The summed E-state index contributed by atoms with van der Waals surface area (Å²) in [4.78, 5) is 24.3. The van der Waals surface area contributed by atoms with Crippen molar-refractivity contribution in [2.45, 2.75) is 19.3 Å². The van der Waals surface area contributed by atoms with Gasteiger partial charge < -0.3 is 0 Å². The zero-order valence-corrected chi connectivity index (χ0v) is 14.2. The van der Waals surface area contributed by atoms with Crippen molar-refractivity contribution >= 4 is 34.6 Å². The van der Waals surface area contributed by atoms with Crippen LogP contribution in [0.5, 0.6) is 0 Å². The lowest BCUT2D eigenvalue weighted by Crippen LogP contribution is -2.42.